The van der Waals surface area contributed by atoms with Crippen molar-refractivity contribution in [3.05, 3.63) is 34.7 Å². The molecule has 5 heteroatoms. The molecule has 18 heavy (non-hydrogen) atoms. The lowest BCUT2D eigenvalue weighted by Gasteiger charge is -2.04. The highest BCUT2D eigenvalue weighted by Crippen LogP contribution is 2.25. The molecule has 96 valence electrons. The smallest absolute Gasteiger partial charge is 0.248 e. The lowest BCUT2D eigenvalue weighted by molar-refractivity contribution is 0.458. The average Bonchev–Trinajstić information content (AvgIpc) is 2.78. The SMILES string of the molecule is Cc1ccc(Cl)cc1-c1nnc(CNC(C)C)o1. The molecule has 0 unspecified atom stereocenters. The van der Waals surface area contributed by atoms with Gasteiger partial charge in [-0.05, 0) is 24.6 Å². The van der Waals surface area contributed by atoms with Gasteiger partial charge in [0, 0.05) is 16.6 Å². The third-order valence-corrected chi connectivity index (χ3v) is 2.79. The first kappa shape index (κ1) is 13.1. The van der Waals surface area contributed by atoms with Gasteiger partial charge in [0.25, 0.3) is 0 Å². The van der Waals surface area contributed by atoms with Crippen LogP contribution in [0.3, 0.4) is 0 Å². The molecule has 0 radical (unpaired) electrons. The van der Waals surface area contributed by atoms with Gasteiger partial charge in [0.2, 0.25) is 11.8 Å². The number of aromatic nitrogens is 2. The van der Waals surface area contributed by atoms with E-state index >= 15 is 0 Å². The normalized spacial score (nSPS) is 11.2. The van der Waals surface area contributed by atoms with Crippen LogP contribution in [0.25, 0.3) is 11.5 Å². The van der Waals surface area contributed by atoms with Crippen molar-refractivity contribution in [2.75, 3.05) is 0 Å². The monoisotopic (exact) mass is 265 g/mol. The van der Waals surface area contributed by atoms with Crippen LogP contribution >= 0.6 is 11.6 Å². The Morgan fingerprint density at radius 3 is 2.83 bits per heavy atom. The van der Waals surface area contributed by atoms with Gasteiger partial charge in [-0.2, -0.15) is 0 Å². The average molecular weight is 266 g/mol. The van der Waals surface area contributed by atoms with Gasteiger partial charge in [0.1, 0.15) is 0 Å². The van der Waals surface area contributed by atoms with Gasteiger partial charge in [-0.3, -0.25) is 0 Å². The van der Waals surface area contributed by atoms with Crippen molar-refractivity contribution in [2.24, 2.45) is 0 Å². The highest BCUT2D eigenvalue weighted by molar-refractivity contribution is 6.30. The molecule has 0 saturated heterocycles. The summed E-state index contributed by atoms with van der Waals surface area (Å²) in [6, 6.07) is 6.00. The van der Waals surface area contributed by atoms with Gasteiger partial charge in [0.05, 0.1) is 6.54 Å². The van der Waals surface area contributed by atoms with Crippen LogP contribution in [0.4, 0.5) is 0 Å². The number of halogens is 1. The van der Waals surface area contributed by atoms with E-state index in [1.165, 1.54) is 0 Å². The van der Waals surface area contributed by atoms with Gasteiger partial charge in [-0.1, -0.05) is 31.5 Å². The Morgan fingerprint density at radius 2 is 2.11 bits per heavy atom. The third kappa shape index (κ3) is 3.09. The number of aryl methyl sites for hydroxylation is 1. The summed E-state index contributed by atoms with van der Waals surface area (Å²) >= 11 is 5.97. The first-order chi connectivity index (χ1) is 8.56. The van der Waals surface area contributed by atoms with Crippen molar-refractivity contribution in [2.45, 2.75) is 33.4 Å². The first-order valence-electron chi connectivity index (χ1n) is 5.88. The Bertz CT molecular complexity index is 537. The Kier molecular flexibility index (Phi) is 3.99. The summed E-state index contributed by atoms with van der Waals surface area (Å²) < 4.78 is 5.61. The van der Waals surface area contributed by atoms with Crippen molar-refractivity contribution < 1.29 is 4.42 Å². The van der Waals surface area contributed by atoms with Crippen molar-refractivity contribution in [3.63, 3.8) is 0 Å². The Morgan fingerprint density at radius 1 is 1.33 bits per heavy atom. The van der Waals surface area contributed by atoms with E-state index in [0.717, 1.165) is 11.1 Å². The highest BCUT2D eigenvalue weighted by atomic mass is 35.5. The van der Waals surface area contributed by atoms with Crippen molar-refractivity contribution >= 4 is 11.6 Å². The number of nitrogens with one attached hydrogen (secondary N) is 1. The van der Waals surface area contributed by atoms with Crippen LogP contribution in [-0.4, -0.2) is 16.2 Å². The van der Waals surface area contributed by atoms with Gasteiger partial charge in [-0.25, -0.2) is 0 Å². The number of hydrogen-bond acceptors (Lipinski definition) is 4. The molecule has 1 aromatic carbocycles. The minimum Gasteiger partial charge on any atom is -0.419 e. The molecular weight excluding hydrogens is 250 g/mol. The molecule has 0 atom stereocenters. The summed E-state index contributed by atoms with van der Waals surface area (Å²) in [6.45, 7) is 6.70. The second kappa shape index (κ2) is 5.50. The molecule has 0 bridgehead atoms. The topological polar surface area (TPSA) is 51.0 Å². The zero-order valence-electron chi connectivity index (χ0n) is 10.7. The molecule has 0 fully saturated rings. The third-order valence-electron chi connectivity index (χ3n) is 2.56. The molecule has 0 spiro atoms. The highest BCUT2D eigenvalue weighted by Gasteiger charge is 2.11. The fraction of sp³-hybridized carbons (Fsp3) is 0.385. The predicted octanol–water partition coefficient (Wildman–Crippen LogP) is 3.20. The molecule has 2 aromatic rings. The fourth-order valence-electron chi connectivity index (χ4n) is 1.55. The van der Waals surface area contributed by atoms with Crippen molar-refractivity contribution in [1.29, 1.82) is 0 Å². The van der Waals surface area contributed by atoms with E-state index in [0.29, 0.717) is 29.4 Å². The number of nitrogens with zero attached hydrogens (tertiary/aromatic N) is 2. The van der Waals surface area contributed by atoms with Crippen LogP contribution in [0.15, 0.2) is 22.6 Å². The maximum atomic E-state index is 5.97. The van der Waals surface area contributed by atoms with E-state index in [1.807, 2.05) is 25.1 Å². The van der Waals surface area contributed by atoms with Crippen LogP contribution in [0.5, 0.6) is 0 Å². The minimum absolute atomic E-state index is 0.383. The Hall–Kier alpha value is -1.39. The van der Waals surface area contributed by atoms with E-state index in [2.05, 4.69) is 29.4 Å². The molecule has 2 rings (SSSR count). The number of hydrogen-bond donors (Lipinski definition) is 1. The van der Waals surface area contributed by atoms with Gasteiger partial charge < -0.3 is 9.73 Å². The van der Waals surface area contributed by atoms with E-state index in [4.69, 9.17) is 16.0 Å². The Labute approximate surface area is 111 Å². The molecule has 1 aromatic heterocycles. The Balaban J connectivity index is 2.21. The summed E-state index contributed by atoms with van der Waals surface area (Å²) in [6.07, 6.45) is 0. The molecule has 0 saturated carbocycles. The summed E-state index contributed by atoms with van der Waals surface area (Å²) in [5, 5.41) is 12.0. The van der Waals surface area contributed by atoms with Crippen LogP contribution < -0.4 is 5.32 Å². The molecular formula is C13H16ClN3O. The predicted molar refractivity (Wildman–Crippen MR) is 71.5 cm³/mol. The van der Waals surface area contributed by atoms with Crippen LogP contribution in [-0.2, 0) is 6.54 Å². The van der Waals surface area contributed by atoms with Crippen molar-refractivity contribution in [1.82, 2.24) is 15.5 Å². The molecule has 1 heterocycles. The first-order valence-corrected chi connectivity index (χ1v) is 6.26. The van der Waals surface area contributed by atoms with Crippen LogP contribution in [0.1, 0.15) is 25.3 Å². The number of rotatable bonds is 4. The molecule has 1 N–H and O–H groups in total. The molecule has 0 aliphatic carbocycles. The van der Waals surface area contributed by atoms with Gasteiger partial charge >= 0.3 is 0 Å². The summed E-state index contributed by atoms with van der Waals surface area (Å²) in [5.41, 5.74) is 1.94. The second-order valence-corrected chi connectivity index (χ2v) is 4.93. The van der Waals surface area contributed by atoms with E-state index in [9.17, 15) is 0 Å². The zero-order chi connectivity index (χ0) is 13.1. The maximum Gasteiger partial charge on any atom is 0.248 e. The van der Waals surface area contributed by atoms with E-state index in [-0.39, 0.29) is 0 Å². The largest absolute Gasteiger partial charge is 0.419 e. The van der Waals surface area contributed by atoms with E-state index < -0.39 is 0 Å². The molecule has 0 amide bonds. The van der Waals surface area contributed by atoms with E-state index in [1.54, 1.807) is 0 Å². The summed E-state index contributed by atoms with van der Waals surface area (Å²) in [7, 11) is 0. The molecule has 0 aliphatic rings. The summed E-state index contributed by atoms with van der Waals surface area (Å²) in [4.78, 5) is 0. The van der Waals surface area contributed by atoms with Crippen LogP contribution in [0, 0.1) is 6.92 Å². The lowest BCUT2D eigenvalue weighted by atomic mass is 10.1. The minimum atomic E-state index is 0.383. The second-order valence-electron chi connectivity index (χ2n) is 4.50. The quantitative estimate of drug-likeness (QED) is 0.922. The van der Waals surface area contributed by atoms with Gasteiger partial charge in [0.15, 0.2) is 0 Å². The lowest BCUT2D eigenvalue weighted by Crippen LogP contribution is -2.21. The molecule has 4 nitrogen and oxygen atoms in total. The van der Waals surface area contributed by atoms with Crippen molar-refractivity contribution in [3.8, 4) is 11.5 Å². The summed E-state index contributed by atoms with van der Waals surface area (Å²) in [5.74, 6) is 1.09. The number of benzene rings is 1. The van der Waals surface area contributed by atoms with Crippen LogP contribution in [0.2, 0.25) is 5.02 Å². The fourth-order valence-corrected chi connectivity index (χ4v) is 1.72. The molecule has 0 aliphatic heterocycles. The van der Waals surface area contributed by atoms with Gasteiger partial charge in [-0.15, -0.1) is 10.2 Å². The maximum absolute atomic E-state index is 5.97. The standard InChI is InChI=1S/C13H16ClN3O/c1-8(2)15-7-12-16-17-13(18-12)11-6-10(14)5-4-9(11)3/h4-6,8,15H,7H2,1-3H3. The zero-order valence-corrected chi connectivity index (χ0v) is 11.5.